The van der Waals surface area contributed by atoms with Crippen molar-refractivity contribution < 1.29 is 14.3 Å². The maximum absolute atomic E-state index is 12.1. The molecule has 1 aromatic carbocycles. The zero-order chi connectivity index (χ0) is 22.1. The predicted molar refractivity (Wildman–Crippen MR) is 120 cm³/mol. The van der Waals surface area contributed by atoms with E-state index in [1.54, 1.807) is 4.90 Å². The summed E-state index contributed by atoms with van der Waals surface area (Å²) < 4.78 is 11.3. The van der Waals surface area contributed by atoms with Gasteiger partial charge in [-0.3, -0.25) is 0 Å². The van der Waals surface area contributed by atoms with Gasteiger partial charge >= 0.3 is 6.09 Å². The monoisotopic (exact) mass is 419 g/mol. The van der Waals surface area contributed by atoms with Gasteiger partial charge in [-0.05, 0) is 47.9 Å². The van der Waals surface area contributed by atoms with Crippen LogP contribution in [0.3, 0.4) is 0 Å². The Kier molecular flexibility index (Phi) is 8.77. The Hall–Kier alpha value is -2.48. The molecule has 1 aliphatic rings. The van der Waals surface area contributed by atoms with Gasteiger partial charge < -0.3 is 29.9 Å². The standard InChI is InChI=1S/C22H37N5O3/c1-7-23-20(25-18-15-27(16-18)21(28)30-22(2,3)4)24-14-17-10-8-9-11-19(17)29-13-12-26(5)6/h8-11,18H,7,12-16H2,1-6H3,(H2,23,24,25). The number of guanidine groups is 1. The van der Waals surface area contributed by atoms with Crippen LogP contribution in [-0.2, 0) is 11.3 Å². The van der Waals surface area contributed by atoms with Gasteiger partial charge in [0.25, 0.3) is 0 Å². The van der Waals surface area contributed by atoms with Crippen LogP contribution in [0, 0.1) is 0 Å². The summed E-state index contributed by atoms with van der Waals surface area (Å²) in [5.41, 5.74) is 0.561. The van der Waals surface area contributed by atoms with Crippen LogP contribution in [0.25, 0.3) is 0 Å². The molecule has 0 saturated carbocycles. The van der Waals surface area contributed by atoms with Gasteiger partial charge in [-0.25, -0.2) is 9.79 Å². The van der Waals surface area contributed by atoms with Crippen LogP contribution in [0.4, 0.5) is 4.79 Å². The maximum atomic E-state index is 12.1. The van der Waals surface area contributed by atoms with Gasteiger partial charge in [0, 0.05) is 31.7 Å². The Morgan fingerprint density at radius 3 is 2.60 bits per heavy atom. The van der Waals surface area contributed by atoms with E-state index in [9.17, 15) is 4.79 Å². The van der Waals surface area contributed by atoms with E-state index in [2.05, 4.69) is 15.5 Å². The highest BCUT2D eigenvalue weighted by Crippen LogP contribution is 2.19. The molecule has 1 fully saturated rings. The number of carbonyl (C=O) groups excluding carboxylic acids is 1. The lowest BCUT2D eigenvalue weighted by Gasteiger charge is -2.40. The van der Waals surface area contributed by atoms with Crippen LogP contribution < -0.4 is 15.4 Å². The van der Waals surface area contributed by atoms with Crippen LogP contribution in [0.5, 0.6) is 5.75 Å². The van der Waals surface area contributed by atoms with Gasteiger partial charge in [-0.2, -0.15) is 0 Å². The Balaban J connectivity index is 1.89. The van der Waals surface area contributed by atoms with Crippen LogP contribution >= 0.6 is 0 Å². The van der Waals surface area contributed by atoms with E-state index >= 15 is 0 Å². The maximum Gasteiger partial charge on any atom is 0.410 e. The van der Waals surface area contributed by atoms with Gasteiger partial charge in [0.2, 0.25) is 0 Å². The summed E-state index contributed by atoms with van der Waals surface area (Å²) >= 11 is 0. The lowest BCUT2D eigenvalue weighted by molar-refractivity contribution is 0.00700. The van der Waals surface area contributed by atoms with Crippen molar-refractivity contribution in [1.29, 1.82) is 0 Å². The van der Waals surface area contributed by atoms with Crippen LogP contribution in [0.1, 0.15) is 33.3 Å². The minimum atomic E-state index is -0.478. The fourth-order valence-electron chi connectivity index (χ4n) is 2.84. The molecule has 2 N–H and O–H groups in total. The number of ether oxygens (including phenoxy) is 2. The Morgan fingerprint density at radius 1 is 1.27 bits per heavy atom. The number of carbonyl (C=O) groups is 1. The van der Waals surface area contributed by atoms with Crippen LogP contribution in [0.2, 0.25) is 0 Å². The van der Waals surface area contributed by atoms with Crippen LogP contribution in [-0.4, -0.2) is 80.4 Å². The normalized spacial score (nSPS) is 15.0. The summed E-state index contributed by atoms with van der Waals surface area (Å²) in [6.07, 6.45) is -0.272. The van der Waals surface area contributed by atoms with Crippen molar-refractivity contribution in [2.24, 2.45) is 4.99 Å². The summed E-state index contributed by atoms with van der Waals surface area (Å²) in [6, 6.07) is 8.13. The number of para-hydroxylation sites is 1. The highest BCUT2D eigenvalue weighted by atomic mass is 16.6. The molecule has 1 saturated heterocycles. The van der Waals surface area contributed by atoms with Gasteiger partial charge in [0.05, 0.1) is 12.6 Å². The molecule has 0 aromatic heterocycles. The molecule has 30 heavy (non-hydrogen) atoms. The van der Waals surface area contributed by atoms with Gasteiger partial charge in [0.15, 0.2) is 5.96 Å². The van der Waals surface area contributed by atoms with Crippen molar-refractivity contribution in [3.05, 3.63) is 29.8 Å². The highest BCUT2D eigenvalue weighted by molar-refractivity contribution is 5.80. The second-order valence-corrected chi connectivity index (χ2v) is 8.68. The molecular weight excluding hydrogens is 382 g/mol. The number of hydrogen-bond acceptors (Lipinski definition) is 5. The number of amides is 1. The minimum absolute atomic E-state index is 0.155. The van der Waals surface area contributed by atoms with E-state index < -0.39 is 5.60 Å². The van der Waals surface area contributed by atoms with Gasteiger partial charge in [-0.15, -0.1) is 0 Å². The summed E-state index contributed by atoms with van der Waals surface area (Å²) in [5.74, 6) is 1.59. The van der Waals surface area contributed by atoms with Gasteiger partial charge in [-0.1, -0.05) is 18.2 Å². The molecule has 0 atom stereocenters. The van der Waals surface area contributed by atoms with E-state index in [-0.39, 0.29) is 12.1 Å². The minimum Gasteiger partial charge on any atom is -0.492 e. The molecule has 0 radical (unpaired) electrons. The zero-order valence-electron chi connectivity index (χ0n) is 19.2. The Morgan fingerprint density at radius 2 is 1.97 bits per heavy atom. The quantitative estimate of drug-likeness (QED) is 0.497. The number of nitrogens with zero attached hydrogens (tertiary/aromatic N) is 3. The molecule has 0 aliphatic carbocycles. The first-order valence-electron chi connectivity index (χ1n) is 10.6. The first-order valence-corrected chi connectivity index (χ1v) is 10.6. The van der Waals surface area contributed by atoms with Crippen LogP contribution in [0.15, 0.2) is 29.3 Å². The molecule has 8 nitrogen and oxygen atoms in total. The van der Waals surface area contributed by atoms with E-state index in [1.807, 2.05) is 66.1 Å². The molecule has 1 aliphatic heterocycles. The van der Waals surface area contributed by atoms with E-state index in [4.69, 9.17) is 14.5 Å². The molecule has 0 spiro atoms. The SMILES string of the molecule is CCNC(=NCc1ccccc1OCCN(C)C)NC1CN(C(=O)OC(C)(C)C)C1. The molecular formula is C22H37N5O3. The Bertz CT molecular complexity index is 709. The topological polar surface area (TPSA) is 78.4 Å². The number of likely N-dealkylation sites (N-methyl/N-ethyl adjacent to an activating group) is 1. The molecule has 168 valence electrons. The fraction of sp³-hybridized carbons (Fsp3) is 0.636. The molecule has 1 aromatic rings. The molecule has 1 heterocycles. The third-order valence-electron chi connectivity index (χ3n) is 4.39. The van der Waals surface area contributed by atoms with Crippen molar-refractivity contribution in [3.63, 3.8) is 0 Å². The first kappa shape index (κ1) is 23.8. The van der Waals surface area contributed by atoms with Crippen molar-refractivity contribution in [2.45, 2.75) is 45.9 Å². The number of nitrogens with one attached hydrogen (secondary N) is 2. The fourth-order valence-corrected chi connectivity index (χ4v) is 2.84. The smallest absolute Gasteiger partial charge is 0.410 e. The zero-order valence-corrected chi connectivity index (χ0v) is 19.2. The van der Waals surface area contributed by atoms with Gasteiger partial charge in [0.1, 0.15) is 18.0 Å². The average molecular weight is 420 g/mol. The van der Waals surface area contributed by atoms with E-state index in [0.717, 1.165) is 30.4 Å². The second-order valence-electron chi connectivity index (χ2n) is 8.68. The molecule has 0 bridgehead atoms. The van der Waals surface area contributed by atoms with Crippen molar-refractivity contribution >= 4 is 12.1 Å². The summed E-state index contributed by atoms with van der Waals surface area (Å²) in [4.78, 5) is 20.6. The number of likely N-dealkylation sites (tertiary alicyclic amines) is 1. The van der Waals surface area contributed by atoms with E-state index in [0.29, 0.717) is 26.2 Å². The lowest BCUT2D eigenvalue weighted by Crippen LogP contribution is -2.63. The van der Waals surface area contributed by atoms with E-state index in [1.165, 1.54) is 0 Å². The van der Waals surface area contributed by atoms with Crippen molar-refractivity contribution in [2.75, 3.05) is 46.9 Å². The summed E-state index contributed by atoms with van der Waals surface area (Å²) in [6.45, 7) is 11.6. The molecule has 1 amide bonds. The second kappa shape index (κ2) is 11.1. The third kappa shape index (κ3) is 8.10. The molecule has 2 rings (SSSR count). The summed E-state index contributed by atoms with van der Waals surface area (Å²) in [5, 5.41) is 6.66. The van der Waals surface area contributed by atoms with Crippen molar-refractivity contribution in [3.8, 4) is 5.75 Å². The summed E-state index contributed by atoms with van der Waals surface area (Å²) in [7, 11) is 4.05. The predicted octanol–water partition coefficient (Wildman–Crippen LogP) is 2.30. The largest absolute Gasteiger partial charge is 0.492 e. The highest BCUT2D eigenvalue weighted by Gasteiger charge is 2.34. The molecule has 8 heteroatoms. The van der Waals surface area contributed by atoms with Crippen molar-refractivity contribution in [1.82, 2.24) is 20.4 Å². The lowest BCUT2D eigenvalue weighted by atomic mass is 10.1. The third-order valence-corrected chi connectivity index (χ3v) is 4.39. The number of benzene rings is 1. The number of rotatable bonds is 8. The first-order chi connectivity index (χ1) is 14.2. The molecule has 0 unspecified atom stereocenters. The average Bonchev–Trinajstić information content (AvgIpc) is 2.61. The Labute approximate surface area is 180 Å². The number of hydrogen-bond donors (Lipinski definition) is 2. The number of aliphatic imine (C=N–C) groups is 1.